The molecule has 0 bridgehead atoms. The van der Waals surface area contributed by atoms with Crippen LogP contribution in [0, 0.1) is 0 Å². The number of aromatic carboxylic acids is 1. The summed E-state index contributed by atoms with van der Waals surface area (Å²) in [6, 6.07) is 17.0. The van der Waals surface area contributed by atoms with E-state index in [4.69, 9.17) is 0 Å². The van der Waals surface area contributed by atoms with E-state index in [0.29, 0.717) is 17.9 Å². The number of aromatic nitrogens is 2. The van der Waals surface area contributed by atoms with Crippen molar-refractivity contribution >= 4 is 11.8 Å². The van der Waals surface area contributed by atoms with Gasteiger partial charge in [0, 0.05) is 25.0 Å². The number of hydrogen-bond donors (Lipinski definition) is 1. The summed E-state index contributed by atoms with van der Waals surface area (Å²) in [5.41, 5.74) is 2.62. The van der Waals surface area contributed by atoms with Gasteiger partial charge in [0.1, 0.15) is 5.82 Å². The van der Waals surface area contributed by atoms with E-state index in [2.05, 4.69) is 9.97 Å². The molecule has 2 heterocycles. The Morgan fingerprint density at radius 3 is 2.50 bits per heavy atom. The minimum Gasteiger partial charge on any atom is -0.478 e. The summed E-state index contributed by atoms with van der Waals surface area (Å²) in [5.74, 6) is -0.287. The lowest BCUT2D eigenvalue weighted by Crippen LogP contribution is -2.19. The second kappa shape index (κ2) is 6.91. The summed E-state index contributed by atoms with van der Waals surface area (Å²) < 4.78 is 0. The first-order valence-electron chi connectivity index (χ1n) is 7.55. The van der Waals surface area contributed by atoms with Crippen molar-refractivity contribution in [1.82, 2.24) is 9.97 Å². The normalized spacial score (nSPS) is 10.4. The zero-order chi connectivity index (χ0) is 16.9. The van der Waals surface area contributed by atoms with Crippen molar-refractivity contribution < 1.29 is 9.90 Å². The Morgan fingerprint density at radius 1 is 1.08 bits per heavy atom. The number of pyridine rings is 2. The van der Waals surface area contributed by atoms with Crippen LogP contribution in [0.1, 0.15) is 16.1 Å². The number of benzene rings is 1. The molecule has 0 radical (unpaired) electrons. The Labute approximate surface area is 140 Å². The molecule has 3 aromatic rings. The van der Waals surface area contributed by atoms with E-state index in [1.54, 1.807) is 6.20 Å². The summed E-state index contributed by atoms with van der Waals surface area (Å²) in [6.45, 7) is 0.592. The van der Waals surface area contributed by atoms with Crippen LogP contribution >= 0.6 is 0 Å². The van der Waals surface area contributed by atoms with Gasteiger partial charge in [0.05, 0.1) is 17.8 Å². The molecule has 5 nitrogen and oxygen atoms in total. The average molecular weight is 319 g/mol. The third kappa shape index (κ3) is 3.41. The molecule has 2 aromatic heterocycles. The smallest absolute Gasteiger partial charge is 0.337 e. The molecular weight excluding hydrogens is 302 g/mol. The van der Waals surface area contributed by atoms with Gasteiger partial charge < -0.3 is 10.0 Å². The predicted octanol–water partition coefficient (Wildman–Crippen LogP) is 3.48. The highest BCUT2D eigenvalue weighted by atomic mass is 16.4. The summed E-state index contributed by atoms with van der Waals surface area (Å²) in [7, 11) is 1.91. The SMILES string of the molecule is CN(Cc1ccccn1)c1cc(-c2ccccc2)c(C(=O)O)cn1. The standard InChI is InChI=1S/C19H17N3O2/c1-22(13-15-9-5-6-10-20-15)18-11-16(14-7-3-2-4-8-14)17(12-21-18)19(23)24/h2-12H,13H2,1H3,(H,23,24). The fraction of sp³-hybridized carbons (Fsp3) is 0.105. The second-order valence-electron chi connectivity index (χ2n) is 5.44. The van der Waals surface area contributed by atoms with Crippen LogP contribution in [0.15, 0.2) is 67.0 Å². The average Bonchev–Trinajstić information content (AvgIpc) is 2.62. The fourth-order valence-corrected chi connectivity index (χ4v) is 2.50. The van der Waals surface area contributed by atoms with Gasteiger partial charge in [-0.2, -0.15) is 0 Å². The van der Waals surface area contributed by atoms with Gasteiger partial charge in [-0.3, -0.25) is 4.98 Å². The van der Waals surface area contributed by atoms with Crippen LogP contribution in [0.2, 0.25) is 0 Å². The van der Waals surface area contributed by atoms with E-state index in [1.807, 2.05) is 66.5 Å². The van der Waals surface area contributed by atoms with Crippen LogP contribution in [-0.2, 0) is 6.54 Å². The highest BCUT2D eigenvalue weighted by molar-refractivity contribution is 5.96. The van der Waals surface area contributed by atoms with Crippen molar-refractivity contribution in [1.29, 1.82) is 0 Å². The van der Waals surface area contributed by atoms with E-state index in [-0.39, 0.29) is 5.56 Å². The molecule has 0 atom stereocenters. The molecule has 0 amide bonds. The number of carboxylic acids is 1. The van der Waals surface area contributed by atoms with E-state index >= 15 is 0 Å². The Bertz CT molecular complexity index is 836. The molecule has 0 fully saturated rings. The predicted molar refractivity (Wildman–Crippen MR) is 93.0 cm³/mol. The van der Waals surface area contributed by atoms with Crippen molar-refractivity contribution in [2.75, 3.05) is 11.9 Å². The van der Waals surface area contributed by atoms with Gasteiger partial charge in [-0.05, 0) is 23.8 Å². The first-order valence-corrected chi connectivity index (χ1v) is 7.55. The summed E-state index contributed by atoms with van der Waals surface area (Å²) in [4.78, 5) is 22.1. The molecule has 1 aromatic carbocycles. The minimum absolute atomic E-state index is 0.191. The van der Waals surface area contributed by atoms with E-state index in [0.717, 1.165) is 11.3 Å². The van der Waals surface area contributed by atoms with Crippen LogP contribution in [0.25, 0.3) is 11.1 Å². The van der Waals surface area contributed by atoms with Crippen LogP contribution in [-0.4, -0.2) is 28.1 Å². The molecule has 0 aliphatic carbocycles. The van der Waals surface area contributed by atoms with E-state index < -0.39 is 5.97 Å². The number of rotatable bonds is 5. The molecule has 24 heavy (non-hydrogen) atoms. The third-order valence-corrected chi connectivity index (χ3v) is 3.72. The first kappa shape index (κ1) is 15.7. The van der Waals surface area contributed by atoms with Crippen LogP contribution in [0.4, 0.5) is 5.82 Å². The molecule has 1 N–H and O–H groups in total. The zero-order valence-corrected chi connectivity index (χ0v) is 13.3. The molecule has 120 valence electrons. The molecule has 0 saturated heterocycles. The van der Waals surface area contributed by atoms with Gasteiger partial charge >= 0.3 is 5.97 Å². The minimum atomic E-state index is -0.986. The Hall–Kier alpha value is -3.21. The fourth-order valence-electron chi connectivity index (χ4n) is 2.50. The Morgan fingerprint density at radius 2 is 1.83 bits per heavy atom. The molecule has 0 spiro atoms. The molecule has 0 aliphatic heterocycles. The summed E-state index contributed by atoms with van der Waals surface area (Å²) in [6.07, 6.45) is 3.16. The van der Waals surface area contributed by atoms with Gasteiger partial charge in [-0.25, -0.2) is 9.78 Å². The quantitative estimate of drug-likeness (QED) is 0.780. The van der Waals surface area contributed by atoms with Gasteiger partial charge in [-0.1, -0.05) is 36.4 Å². The number of carboxylic acid groups (broad SMARTS) is 1. The van der Waals surface area contributed by atoms with Crippen molar-refractivity contribution in [3.63, 3.8) is 0 Å². The van der Waals surface area contributed by atoms with Crippen molar-refractivity contribution in [2.24, 2.45) is 0 Å². The van der Waals surface area contributed by atoms with Crippen LogP contribution < -0.4 is 4.90 Å². The van der Waals surface area contributed by atoms with Crippen molar-refractivity contribution in [2.45, 2.75) is 6.54 Å². The summed E-state index contributed by atoms with van der Waals surface area (Å²) >= 11 is 0. The maximum Gasteiger partial charge on any atom is 0.337 e. The van der Waals surface area contributed by atoms with Gasteiger partial charge in [-0.15, -0.1) is 0 Å². The van der Waals surface area contributed by atoms with Crippen LogP contribution in [0.5, 0.6) is 0 Å². The molecular formula is C19H17N3O2. The topological polar surface area (TPSA) is 66.3 Å². The van der Waals surface area contributed by atoms with E-state index in [9.17, 15) is 9.90 Å². The lowest BCUT2D eigenvalue weighted by Gasteiger charge is -2.19. The number of nitrogens with zero attached hydrogens (tertiary/aromatic N) is 3. The number of hydrogen-bond acceptors (Lipinski definition) is 4. The maximum absolute atomic E-state index is 11.5. The Balaban J connectivity index is 1.96. The van der Waals surface area contributed by atoms with Crippen molar-refractivity contribution in [3.8, 4) is 11.1 Å². The lowest BCUT2D eigenvalue weighted by atomic mass is 10.0. The largest absolute Gasteiger partial charge is 0.478 e. The molecule has 0 aliphatic rings. The third-order valence-electron chi connectivity index (χ3n) is 3.72. The van der Waals surface area contributed by atoms with Gasteiger partial charge in [0.25, 0.3) is 0 Å². The van der Waals surface area contributed by atoms with Gasteiger partial charge in [0.2, 0.25) is 0 Å². The highest BCUT2D eigenvalue weighted by Crippen LogP contribution is 2.27. The monoisotopic (exact) mass is 319 g/mol. The molecule has 5 heteroatoms. The summed E-state index contributed by atoms with van der Waals surface area (Å²) in [5, 5.41) is 9.43. The van der Waals surface area contributed by atoms with E-state index in [1.165, 1.54) is 6.20 Å². The highest BCUT2D eigenvalue weighted by Gasteiger charge is 2.15. The van der Waals surface area contributed by atoms with Crippen LogP contribution in [0.3, 0.4) is 0 Å². The second-order valence-corrected chi connectivity index (χ2v) is 5.44. The number of anilines is 1. The molecule has 0 unspecified atom stereocenters. The first-order chi connectivity index (χ1) is 11.6. The maximum atomic E-state index is 11.5. The Kier molecular flexibility index (Phi) is 4.52. The van der Waals surface area contributed by atoms with Crippen molar-refractivity contribution in [3.05, 3.63) is 78.2 Å². The molecule has 0 saturated carbocycles. The number of carbonyl (C=O) groups is 1. The lowest BCUT2D eigenvalue weighted by molar-refractivity contribution is 0.0697. The molecule has 3 rings (SSSR count). The van der Waals surface area contributed by atoms with Gasteiger partial charge in [0.15, 0.2) is 0 Å². The zero-order valence-electron chi connectivity index (χ0n) is 13.3.